The third-order valence-corrected chi connectivity index (χ3v) is 6.19. The van der Waals surface area contributed by atoms with Crippen LogP contribution in [0.2, 0.25) is 0 Å². The first kappa shape index (κ1) is 18.3. The lowest BCUT2D eigenvalue weighted by molar-refractivity contribution is 0.163. The molecule has 152 valence electrons. The molecule has 3 aromatic rings. The van der Waals surface area contributed by atoms with E-state index < -0.39 is 0 Å². The summed E-state index contributed by atoms with van der Waals surface area (Å²) in [5, 5.41) is 13.3. The van der Waals surface area contributed by atoms with Crippen LogP contribution in [0.3, 0.4) is 0 Å². The molecule has 29 heavy (non-hydrogen) atoms. The third kappa shape index (κ3) is 3.89. The van der Waals surface area contributed by atoms with Gasteiger partial charge in [0.1, 0.15) is 0 Å². The van der Waals surface area contributed by atoms with Crippen molar-refractivity contribution in [3.05, 3.63) is 58.4 Å². The van der Waals surface area contributed by atoms with E-state index in [9.17, 15) is 4.79 Å². The normalized spacial score (nSPS) is 18.1. The van der Waals surface area contributed by atoms with Gasteiger partial charge < -0.3 is 0 Å². The van der Waals surface area contributed by atoms with E-state index >= 15 is 0 Å². The highest BCUT2D eigenvalue weighted by Gasteiger charge is 2.23. The van der Waals surface area contributed by atoms with Crippen LogP contribution in [0.4, 0.5) is 0 Å². The van der Waals surface area contributed by atoms with Gasteiger partial charge in [0, 0.05) is 49.4 Å². The zero-order chi connectivity index (χ0) is 19.6. The lowest BCUT2D eigenvalue weighted by Crippen LogP contribution is -2.36. The number of hydrogen-bond acceptors (Lipinski definition) is 5. The van der Waals surface area contributed by atoms with Crippen LogP contribution >= 0.6 is 0 Å². The molecule has 0 N–H and O–H groups in total. The minimum absolute atomic E-state index is 0.0464. The van der Waals surface area contributed by atoms with Crippen LogP contribution in [0.5, 0.6) is 0 Å². The summed E-state index contributed by atoms with van der Waals surface area (Å²) in [4.78, 5) is 14.8. The maximum absolute atomic E-state index is 12.3. The van der Waals surface area contributed by atoms with Crippen molar-refractivity contribution >= 4 is 0 Å². The fraction of sp³-hybridized carbons (Fsp3) is 0.524. The van der Waals surface area contributed by atoms with E-state index in [0.29, 0.717) is 18.3 Å². The molecule has 8 heteroatoms. The molecule has 8 nitrogen and oxygen atoms in total. The number of likely N-dealkylation sites (tertiary alicyclic amines) is 1. The van der Waals surface area contributed by atoms with Crippen LogP contribution in [0.1, 0.15) is 36.9 Å². The van der Waals surface area contributed by atoms with Gasteiger partial charge in [-0.25, -0.2) is 9.36 Å². The first-order valence-electron chi connectivity index (χ1n) is 10.6. The molecule has 2 aliphatic heterocycles. The van der Waals surface area contributed by atoms with Gasteiger partial charge in [-0.3, -0.25) is 14.4 Å². The minimum Gasteiger partial charge on any atom is -0.299 e. The molecule has 5 rings (SSSR count). The number of piperidine rings is 1. The van der Waals surface area contributed by atoms with E-state index in [-0.39, 0.29) is 5.56 Å². The van der Waals surface area contributed by atoms with Crippen LogP contribution in [-0.4, -0.2) is 47.3 Å². The number of aryl methyl sites for hydroxylation is 1. The topological polar surface area (TPSA) is 73.8 Å². The SMILES string of the molecule is O=c1ccc(-n2cccn2)nn1CC1CCN(Cc2cnn3c2CCCC3)CC1. The molecule has 1 saturated heterocycles. The quantitative estimate of drug-likeness (QED) is 0.662. The Kier molecular flexibility index (Phi) is 5.01. The summed E-state index contributed by atoms with van der Waals surface area (Å²) in [7, 11) is 0. The number of aromatic nitrogens is 6. The lowest BCUT2D eigenvalue weighted by Gasteiger charge is -2.32. The van der Waals surface area contributed by atoms with E-state index in [2.05, 4.69) is 31.1 Å². The first-order chi connectivity index (χ1) is 14.3. The minimum atomic E-state index is -0.0464. The van der Waals surface area contributed by atoms with Crippen molar-refractivity contribution in [2.75, 3.05) is 13.1 Å². The summed E-state index contributed by atoms with van der Waals surface area (Å²) in [6, 6.07) is 5.16. The van der Waals surface area contributed by atoms with Crippen LogP contribution in [0, 0.1) is 5.92 Å². The predicted molar refractivity (Wildman–Crippen MR) is 109 cm³/mol. The van der Waals surface area contributed by atoms with Gasteiger partial charge in [0.25, 0.3) is 5.56 Å². The van der Waals surface area contributed by atoms with Crippen LogP contribution < -0.4 is 5.56 Å². The molecular weight excluding hydrogens is 366 g/mol. The van der Waals surface area contributed by atoms with E-state index in [1.807, 2.05) is 12.3 Å². The second-order valence-electron chi connectivity index (χ2n) is 8.18. The van der Waals surface area contributed by atoms with Gasteiger partial charge in [0.15, 0.2) is 5.82 Å². The molecule has 1 fully saturated rings. The highest BCUT2D eigenvalue weighted by atomic mass is 16.1. The summed E-state index contributed by atoms with van der Waals surface area (Å²) < 4.78 is 5.48. The second kappa shape index (κ2) is 7.94. The van der Waals surface area contributed by atoms with Crippen LogP contribution in [0.25, 0.3) is 5.82 Å². The van der Waals surface area contributed by atoms with E-state index in [1.54, 1.807) is 27.7 Å². The summed E-state index contributed by atoms with van der Waals surface area (Å²) in [6.07, 6.45) is 11.5. The Morgan fingerprint density at radius 3 is 2.79 bits per heavy atom. The summed E-state index contributed by atoms with van der Waals surface area (Å²) in [5.74, 6) is 1.16. The van der Waals surface area contributed by atoms with Gasteiger partial charge in [0.2, 0.25) is 0 Å². The molecule has 5 heterocycles. The van der Waals surface area contributed by atoms with Crippen molar-refractivity contribution in [2.45, 2.75) is 51.7 Å². The van der Waals surface area contributed by atoms with Crippen LogP contribution in [0.15, 0.2) is 41.6 Å². The number of fused-ring (bicyclic) bond motifs is 1. The molecule has 0 unspecified atom stereocenters. The third-order valence-electron chi connectivity index (χ3n) is 6.19. The summed E-state index contributed by atoms with van der Waals surface area (Å²) >= 11 is 0. The van der Waals surface area contributed by atoms with Crippen molar-refractivity contribution in [3.8, 4) is 5.82 Å². The van der Waals surface area contributed by atoms with Crippen LogP contribution in [-0.2, 0) is 26.1 Å². The summed E-state index contributed by atoms with van der Waals surface area (Å²) in [5.41, 5.74) is 2.78. The van der Waals surface area contributed by atoms with E-state index in [0.717, 1.165) is 45.4 Å². The van der Waals surface area contributed by atoms with Crippen molar-refractivity contribution < 1.29 is 0 Å². The Bertz CT molecular complexity index is 1010. The Morgan fingerprint density at radius 1 is 1.07 bits per heavy atom. The maximum atomic E-state index is 12.3. The zero-order valence-corrected chi connectivity index (χ0v) is 16.7. The van der Waals surface area contributed by atoms with Gasteiger partial charge in [-0.2, -0.15) is 10.2 Å². The molecule has 0 amide bonds. The van der Waals surface area contributed by atoms with Crippen molar-refractivity contribution in [2.24, 2.45) is 5.92 Å². The Labute approximate surface area is 169 Å². The smallest absolute Gasteiger partial charge is 0.266 e. The molecule has 0 aromatic carbocycles. The first-order valence-corrected chi connectivity index (χ1v) is 10.6. The molecule has 0 atom stereocenters. The average molecular weight is 393 g/mol. The molecule has 0 spiro atoms. The molecular formula is C21H27N7O. The fourth-order valence-corrected chi connectivity index (χ4v) is 4.53. The number of hydrogen-bond donors (Lipinski definition) is 0. The highest BCUT2D eigenvalue weighted by molar-refractivity contribution is 5.19. The molecule has 0 aliphatic carbocycles. The molecule has 2 aliphatic rings. The molecule has 3 aromatic heterocycles. The lowest BCUT2D eigenvalue weighted by atomic mass is 9.96. The Balaban J connectivity index is 1.20. The zero-order valence-electron chi connectivity index (χ0n) is 16.7. The van der Waals surface area contributed by atoms with Gasteiger partial charge in [-0.05, 0) is 63.2 Å². The van der Waals surface area contributed by atoms with Gasteiger partial charge in [-0.1, -0.05) is 0 Å². The van der Waals surface area contributed by atoms with Crippen molar-refractivity contribution in [1.82, 2.24) is 34.2 Å². The highest BCUT2D eigenvalue weighted by Crippen LogP contribution is 2.23. The number of rotatable bonds is 5. The second-order valence-corrected chi connectivity index (χ2v) is 8.18. The Morgan fingerprint density at radius 2 is 1.97 bits per heavy atom. The van der Waals surface area contributed by atoms with Crippen molar-refractivity contribution in [1.29, 1.82) is 0 Å². The van der Waals surface area contributed by atoms with Gasteiger partial charge in [0.05, 0.1) is 6.20 Å². The largest absolute Gasteiger partial charge is 0.299 e. The maximum Gasteiger partial charge on any atom is 0.266 e. The van der Waals surface area contributed by atoms with Crippen molar-refractivity contribution in [3.63, 3.8) is 0 Å². The number of nitrogens with zero attached hydrogens (tertiary/aromatic N) is 7. The van der Waals surface area contributed by atoms with E-state index in [1.165, 1.54) is 24.1 Å². The Hall–Kier alpha value is -2.74. The molecule has 0 saturated carbocycles. The fourth-order valence-electron chi connectivity index (χ4n) is 4.53. The van der Waals surface area contributed by atoms with Gasteiger partial charge >= 0.3 is 0 Å². The monoisotopic (exact) mass is 393 g/mol. The molecule has 0 bridgehead atoms. The average Bonchev–Trinajstić information content (AvgIpc) is 3.42. The standard InChI is InChI=1S/C21H27N7O/c29-21-6-5-20(27-11-3-9-22-27)24-28(21)15-17-7-12-25(13-8-17)16-18-14-23-26-10-2-1-4-19(18)26/h3,5-6,9,11,14,17H,1-2,4,7-8,10,12-13,15-16H2. The summed E-state index contributed by atoms with van der Waals surface area (Å²) in [6.45, 7) is 4.85. The predicted octanol–water partition coefficient (Wildman–Crippen LogP) is 1.87. The molecule has 0 radical (unpaired) electrons. The van der Waals surface area contributed by atoms with Gasteiger partial charge in [-0.15, -0.1) is 5.10 Å². The van der Waals surface area contributed by atoms with E-state index in [4.69, 9.17) is 0 Å².